The number of amides is 1. The molecule has 0 radical (unpaired) electrons. The zero-order valence-corrected chi connectivity index (χ0v) is 12.9. The Kier molecular flexibility index (Phi) is 3.94. The zero-order chi connectivity index (χ0) is 15.7. The van der Waals surface area contributed by atoms with E-state index in [0.717, 1.165) is 23.5 Å². The molecule has 1 fully saturated rings. The van der Waals surface area contributed by atoms with Gasteiger partial charge in [0, 0.05) is 16.6 Å². The zero-order valence-electron chi connectivity index (χ0n) is 12.1. The van der Waals surface area contributed by atoms with E-state index in [4.69, 9.17) is 5.11 Å². The molecule has 1 aliphatic rings. The van der Waals surface area contributed by atoms with Gasteiger partial charge in [0.15, 0.2) is 0 Å². The van der Waals surface area contributed by atoms with E-state index in [9.17, 15) is 9.59 Å². The quantitative estimate of drug-likeness (QED) is 0.888. The number of carboxylic acids is 1. The normalized spacial score (nSPS) is 15.3. The van der Waals surface area contributed by atoms with Gasteiger partial charge in [-0.25, -0.2) is 9.78 Å². The molecule has 1 amide bonds. The molecule has 0 aliphatic heterocycles. The second kappa shape index (κ2) is 5.88. The summed E-state index contributed by atoms with van der Waals surface area (Å²) >= 11 is 1.55. The number of thiazole rings is 1. The van der Waals surface area contributed by atoms with Gasteiger partial charge in [-0.05, 0) is 43.9 Å². The highest BCUT2D eigenvalue weighted by Gasteiger charge is 2.35. The van der Waals surface area contributed by atoms with Crippen molar-refractivity contribution in [2.75, 3.05) is 0 Å². The lowest BCUT2D eigenvalue weighted by Gasteiger charge is -2.16. The number of aromatic carboxylic acids is 1. The number of aryl methyl sites for hydroxylation is 1. The Morgan fingerprint density at radius 3 is 2.68 bits per heavy atom. The number of rotatable bonds is 5. The minimum absolute atomic E-state index is 0.0836. The van der Waals surface area contributed by atoms with Crippen LogP contribution in [0.5, 0.6) is 0 Å². The van der Waals surface area contributed by atoms with Gasteiger partial charge in [0.1, 0.15) is 5.01 Å². The summed E-state index contributed by atoms with van der Waals surface area (Å²) in [7, 11) is 0. The van der Waals surface area contributed by atoms with Crippen LogP contribution in [0.1, 0.15) is 50.3 Å². The summed E-state index contributed by atoms with van der Waals surface area (Å²) in [5.41, 5.74) is 1.42. The van der Waals surface area contributed by atoms with Crippen molar-refractivity contribution in [3.8, 4) is 0 Å². The van der Waals surface area contributed by atoms with Gasteiger partial charge < -0.3 is 10.4 Å². The predicted octanol–water partition coefficient (Wildman–Crippen LogP) is 3.03. The maximum Gasteiger partial charge on any atom is 0.335 e. The van der Waals surface area contributed by atoms with Crippen LogP contribution in [0.3, 0.4) is 0 Å². The molecule has 3 rings (SSSR count). The number of carbonyl (C=O) groups excluding carboxylic acids is 1. The number of aromatic nitrogens is 1. The summed E-state index contributed by atoms with van der Waals surface area (Å²) in [4.78, 5) is 27.9. The summed E-state index contributed by atoms with van der Waals surface area (Å²) in [6, 6.07) is 5.99. The average molecular weight is 316 g/mol. The van der Waals surface area contributed by atoms with E-state index < -0.39 is 5.97 Å². The van der Waals surface area contributed by atoms with E-state index in [1.807, 2.05) is 12.3 Å². The van der Waals surface area contributed by atoms with Gasteiger partial charge in [0.05, 0.1) is 11.6 Å². The lowest BCUT2D eigenvalue weighted by molar-refractivity contribution is 0.0697. The number of hydrogen-bond acceptors (Lipinski definition) is 4. The molecule has 1 aromatic carbocycles. The molecular weight excluding hydrogens is 300 g/mol. The molecule has 1 aliphatic carbocycles. The van der Waals surface area contributed by atoms with Gasteiger partial charge in [0.25, 0.3) is 5.91 Å². The van der Waals surface area contributed by atoms with Crippen LogP contribution in [-0.4, -0.2) is 22.0 Å². The summed E-state index contributed by atoms with van der Waals surface area (Å²) in [5, 5.41) is 14.9. The number of nitrogens with zero attached hydrogens (tertiary/aromatic N) is 1. The van der Waals surface area contributed by atoms with E-state index >= 15 is 0 Å². The molecule has 1 atom stereocenters. The highest BCUT2D eigenvalue weighted by Crippen LogP contribution is 2.42. The molecule has 6 heteroatoms. The van der Waals surface area contributed by atoms with E-state index in [1.165, 1.54) is 12.1 Å². The van der Waals surface area contributed by atoms with E-state index in [-0.39, 0.29) is 17.5 Å². The second-order valence-corrected chi connectivity index (χ2v) is 6.39. The van der Waals surface area contributed by atoms with Crippen molar-refractivity contribution in [2.24, 2.45) is 5.92 Å². The van der Waals surface area contributed by atoms with Crippen molar-refractivity contribution < 1.29 is 14.7 Å². The molecule has 0 bridgehead atoms. The second-order valence-electron chi connectivity index (χ2n) is 5.50. The van der Waals surface area contributed by atoms with Crippen LogP contribution in [0, 0.1) is 12.8 Å². The fraction of sp³-hybridized carbons (Fsp3) is 0.312. The Bertz CT molecular complexity index is 722. The predicted molar refractivity (Wildman–Crippen MR) is 83.2 cm³/mol. The van der Waals surface area contributed by atoms with E-state index in [2.05, 4.69) is 10.3 Å². The van der Waals surface area contributed by atoms with Crippen molar-refractivity contribution in [1.82, 2.24) is 10.3 Å². The van der Waals surface area contributed by atoms with Gasteiger partial charge in [-0.1, -0.05) is 6.07 Å². The number of benzene rings is 1. The van der Waals surface area contributed by atoms with Crippen LogP contribution in [0.4, 0.5) is 0 Å². The standard InChI is InChI=1S/C16H16N2O3S/c1-9-8-22-15(17-9)13(10-5-6-10)18-14(19)11-3-2-4-12(7-11)16(20)21/h2-4,7-8,10,13H,5-6H2,1H3,(H,18,19)(H,20,21). The molecule has 5 nitrogen and oxygen atoms in total. The molecule has 2 N–H and O–H groups in total. The topological polar surface area (TPSA) is 79.3 Å². The fourth-order valence-corrected chi connectivity index (χ4v) is 3.28. The van der Waals surface area contributed by atoms with Crippen LogP contribution in [0.2, 0.25) is 0 Å². The Balaban J connectivity index is 1.79. The average Bonchev–Trinajstić information content (AvgIpc) is 3.26. The molecule has 0 saturated heterocycles. The van der Waals surface area contributed by atoms with Gasteiger partial charge in [-0.15, -0.1) is 11.3 Å². The lowest BCUT2D eigenvalue weighted by atomic mass is 10.1. The Hall–Kier alpha value is -2.21. The molecule has 1 heterocycles. The fourth-order valence-electron chi connectivity index (χ4n) is 2.34. The number of carbonyl (C=O) groups is 2. The minimum Gasteiger partial charge on any atom is -0.478 e. The third kappa shape index (κ3) is 3.17. The molecule has 2 aromatic rings. The van der Waals surface area contributed by atoms with Crippen molar-refractivity contribution in [1.29, 1.82) is 0 Å². The summed E-state index contributed by atoms with van der Waals surface area (Å²) < 4.78 is 0. The highest BCUT2D eigenvalue weighted by molar-refractivity contribution is 7.09. The third-order valence-electron chi connectivity index (χ3n) is 3.65. The largest absolute Gasteiger partial charge is 0.478 e. The first-order chi connectivity index (χ1) is 10.5. The minimum atomic E-state index is -1.04. The maximum absolute atomic E-state index is 12.4. The smallest absolute Gasteiger partial charge is 0.335 e. The highest BCUT2D eigenvalue weighted by atomic mass is 32.1. The van der Waals surface area contributed by atoms with E-state index in [1.54, 1.807) is 23.5 Å². The molecule has 1 saturated carbocycles. The summed E-state index contributed by atoms with van der Waals surface area (Å²) in [5.74, 6) is -0.867. The summed E-state index contributed by atoms with van der Waals surface area (Å²) in [6.45, 7) is 1.93. The Morgan fingerprint density at radius 2 is 2.09 bits per heavy atom. The molecular formula is C16H16N2O3S. The number of carboxylic acid groups (broad SMARTS) is 1. The van der Waals surface area contributed by atoms with Crippen LogP contribution in [-0.2, 0) is 0 Å². The lowest BCUT2D eigenvalue weighted by Crippen LogP contribution is -2.30. The van der Waals surface area contributed by atoms with Crippen molar-refractivity contribution in [3.63, 3.8) is 0 Å². The van der Waals surface area contributed by atoms with Crippen LogP contribution in [0.15, 0.2) is 29.6 Å². The first-order valence-corrected chi connectivity index (χ1v) is 7.99. The first-order valence-electron chi connectivity index (χ1n) is 7.11. The monoisotopic (exact) mass is 316 g/mol. The molecule has 114 valence electrons. The van der Waals surface area contributed by atoms with Gasteiger partial charge >= 0.3 is 5.97 Å². The van der Waals surface area contributed by atoms with Crippen molar-refractivity contribution in [3.05, 3.63) is 51.5 Å². The SMILES string of the molecule is Cc1csc(C(NC(=O)c2cccc(C(=O)O)c2)C2CC2)n1. The number of hydrogen-bond donors (Lipinski definition) is 2. The van der Waals surface area contributed by atoms with Crippen LogP contribution in [0.25, 0.3) is 0 Å². The third-order valence-corrected chi connectivity index (χ3v) is 4.70. The molecule has 1 unspecified atom stereocenters. The van der Waals surface area contributed by atoms with Crippen molar-refractivity contribution >= 4 is 23.2 Å². The number of nitrogens with one attached hydrogen (secondary N) is 1. The Labute approximate surface area is 132 Å². The maximum atomic E-state index is 12.4. The molecule has 0 spiro atoms. The molecule has 22 heavy (non-hydrogen) atoms. The van der Waals surface area contributed by atoms with Gasteiger partial charge in [-0.3, -0.25) is 4.79 Å². The Morgan fingerprint density at radius 1 is 1.36 bits per heavy atom. The van der Waals surface area contributed by atoms with Crippen LogP contribution >= 0.6 is 11.3 Å². The van der Waals surface area contributed by atoms with Crippen molar-refractivity contribution in [2.45, 2.75) is 25.8 Å². The van der Waals surface area contributed by atoms with Crippen LogP contribution < -0.4 is 5.32 Å². The molecule has 1 aromatic heterocycles. The van der Waals surface area contributed by atoms with Gasteiger partial charge in [-0.2, -0.15) is 0 Å². The summed E-state index contributed by atoms with van der Waals surface area (Å²) in [6.07, 6.45) is 2.16. The first kappa shape index (κ1) is 14.7. The van der Waals surface area contributed by atoms with E-state index in [0.29, 0.717) is 11.5 Å². The van der Waals surface area contributed by atoms with Gasteiger partial charge in [0.2, 0.25) is 0 Å².